The maximum absolute atomic E-state index is 13.2. The fourth-order valence-corrected chi connectivity index (χ4v) is 6.11. The molecule has 3 heterocycles. The molecule has 4 fully saturated rings. The van der Waals surface area contributed by atoms with Gasteiger partial charge in [0.15, 0.2) is 5.76 Å². The van der Waals surface area contributed by atoms with E-state index in [4.69, 9.17) is 4.42 Å². The van der Waals surface area contributed by atoms with Gasteiger partial charge in [0.1, 0.15) is 0 Å². The Morgan fingerprint density at radius 3 is 2.30 bits per heavy atom. The third-order valence-corrected chi connectivity index (χ3v) is 8.31. The largest absolute Gasteiger partial charge is 0.459 e. The van der Waals surface area contributed by atoms with Crippen molar-refractivity contribution in [3.05, 3.63) is 23.7 Å². The Morgan fingerprint density at radius 1 is 0.967 bits per heavy atom. The predicted octanol–water partition coefficient (Wildman–Crippen LogP) is 3.31. The van der Waals surface area contributed by atoms with E-state index in [0.717, 1.165) is 70.1 Å². The van der Waals surface area contributed by atoms with Crippen LogP contribution in [0.25, 0.3) is 0 Å². The number of carbonyl (C=O) groups excluding carboxylic acids is 2. The Morgan fingerprint density at radius 2 is 1.67 bits per heavy atom. The molecule has 1 spiro atoms. The Hall–Kier alpha value is -1.82. The number of piperazine rings is 1. The van der Waals surface area contributed by atoms with Crippen LogP contribution in [0.1, 0.15) is 67.5 Å². The highest BCUT2D eigenvalue weighted by Gasteiger charge is 2.59. The zero-order chi connectivity index (χ0) is 20.7. The maximum Gasteiger partial charge on any atom is 0.289 e. The monoisotopic (exact) mass is 413 g/mol. The summed E-state index contributed by atoms with van der Waals surface area (Å²) >= 11 is 0. The van der Waals surface area contributed by atoms with Crippen LogP contribution in [0.3, 0.4) is 0 Å². The second kappa shape index (κ2) is 8.03. The third kappa shape index (κ3) is 3.68. The van der Waals surface area contributed by atoms with Crippen molar-refractivity contribution in [3.63, 3.8) is 0 Å². The first kappa shape index (κ1) is 20.1. The van der Waals surface area contributed by atoms with Crippen molar-refractivity contribution in [2.75, 3.05) is 39.3 Å². The van der Waals surface area contributed by atoms with Gasteiger partial charge in [-0.15, -0.1) is 0 Å². The molecule has 164 valence electrons. The summed E-state index contributed by atoms with van der Waals surface area (Å²) in [7, 11) is 0. The number of furan rings is 1. The molecule has 2 saturated heterocycles. The lowest BCUT2D eigenvalue weighted by molar-refractivity contribution is -0.136. The number of likely N-dealkylation sites (tertiary alicyclic amines) is 1. The van der Waals surface area contributed by atoms with Gasteiger partial charge in [0.2, 0.25) is 5.91 Å². The first-order chi connectivity index (χ1) is 14.6. The average Bonchev–Trinajstić information content (AvgIpc) is 3.31. The first-order valence-corrected chi connectivity index (χ1v) is 11.9. The molecule has 6 nitrogen and oxygen atoms in total. The molecule has 0 aromatic carbocycles. The third-order valence-electron chi connectivity index (χ3n) is 8.31. The standard InChI is InChI=1S/C24H35N3O3/c1-18-7-16-30-21(18)23(29)26-10-8-24(9-11-26)17-20(24)22(28)27-14-12-25(13-15-27)19-5-3-2-4-6-19/h7,16,19-20H,2-6,8-15,17H2,1H3. The summed E-state index contributed by atoms with van der Waals surface area (Å²) in [4.78, 5) is 32.5. The normalized spacial score (nSPS) is 27.4. The molecule has 2 amide bonds. The molecular formula is C24H35N3O3. The number of piperidine rings is 1. The van der Waals surface area contributed by atoms with Crippen molar-refractivity contribution in [1.29, 1.82) is 0 Å². The molecule has 0 N–H and O–H groups in total. The van der Waals surface area contributed by atoms with Gasteiger partial charge in [-0.3, -0.25) is 14.5 Å². The molecule has 6 heteroatoms. The minimum atomic E-state index is -0.00490. The van der Waals surface area contributed by atoms with Crippen molar-refractivity contribution < 1.29 is 14.0 Å². The van der Waals surface area contributed by atoms with Crippen LogP contribution in [-0.4, -0.2) is 71.8 Å². The number of hydrogen-bond acceptors (Lipinski definition) is 4. The molecule has 1 atom stereocenters. The second-order valence-corrected chi connectivity index (χ2v) is 10.00. The van der Waals surface area contributed by atoms with Crippen LogP contribution < -0.4 is 0 Å². The van der Waals surface area contributed by atoms with E-state index >= 15 is 0 Å². The van der Waals surface area contributed by atoms with Crippen molar-refractivity contribution in [2.45, 2.75) is 64.3 Å². The summed E-state index contributed by atoms with van der Waals surface area (Å²) < 4.78 is 5.38. The molecule has 0 radical (unpaired) electrons. The van der Waals surface area contributed by atoms with Crippen LogP contribution in [0.4, 0.5) is 0 Å². The zero-order valence-corrected chi connectivity index (χ0v) is 18.3. The Kier molecular flexibility index (Phi) is 5.38. The SMILES string of the molecule is Cc1ccoc1C(=O)N1CCC2(CC1)CC2C(=O)N1CCN(C2CCCCC2)CC1. The molecule has 1 aromatic heterocycles. The van der Waals surface area contributed by atoms with Crippen molar-refractivity contribution in [1.82, 2.24) is 14.7 Å². The van der Waals surface area contributed by atoms with Gasteiger partial charge in [-0.05, 0) is 50.5 Å². The Labute approximate surface area is 179 Å². The fraction of sp³-hybridized carbons (Fsp3) is 0.750. The molecule has 4 aliphatic rings. The van der Waals surface area contributed by atoms with Crippen molar-refractivity contribution in [3.8, 4) is 0 Å². The Balaban J connectivity index is 1.11. The van der Waals surface area contributed by atoms with Crippen molar-refractivity contribution >= 4 is 11.8 Å². The molecule has 0 bridgehead atoms. The number of carbonyl (C=O) groups is 2. The Bertz CT molecular complexity index is 781. The summed E-state index contributed by atoms with van der Waals surface area (Å²) in [5.74, 6) is 1.02. The minimum absolute atomic E-state index is 0.00490. The lowest BCUT2D eigenvalue weighted by Gasteiger charge is -2.41. The van der Waals surface area contributed by atoms with Gasteiger partial charge >= 0.3 is 0 Å². The summed E-state index contributed by atoms with van der Waals surface area (Å²) in [5.41, 5.74) is 1.04. The summed E-state index contributed by atoms with van der Waals surface area (Å²) in [5, 5.41) is 0. The van der Waals surface area contributed by atoms with E-state index in [9.17, 15) is 9.59 Å². The molecule has 1 aromatic rings. The average molecular weight is 414 g/mol. The van der Waals surface area contributed by atoms with E-state index in [1.807, 2.05) is 17.9 Å². The summed E-state index contributed by atoms with van der Waals surface area (Å²) in [6.07, 6.45) is 11.3. The predicted molar refractivity (Wildman–Crippen MR) is 114 cm³/mol. The number of rotatable bonds is 3. The smallest absolute Gasteiger partial charge is 0.289 e. The van der Waals surface area contributed by atoms with Gasteiger partial charge in [0.25, 0.3) is 5.91 Å². The van der Waals surface area contributed by atoms with Crippen LogP contribution in [0.2, 0.25) is 0 Å². The maximum atomic E-state index is 13.2. The van der Waals surface area contributed by atoms with Crippen LogP contribution >= 0.6 is 0 Å². The van der Waals surface area contributed by atoms with E-state index in [2.05, 4.69) is 9.80 Å². The molecule has 2 saturated carbocycles. The van der Waals surface area contributed by atoms with Gasteiger partial charge in [-0.1, -0.05) is 19.3 Å². The topological polar surface area (TPSA) is 57.0 Å². The van der Waals surface area contributed by atoms with Crippen LogP contribution in [0, 0.1) is 18.3 Å². The van der Waals surface area contributed by atoms with Gasteiger partial charge in [-0.2, -0.15) is 0 Å². The number of hydrogen-bond donors (Lipinski definition) is 0. The highest BCUT2D eigenvalue weighted by atomic mass is 16.3. The van der Waals surface area contributed by atoms with Gasteiger partial charge in [0, 0.05) is 56.8 Å². The van der Waals surface area contributed by atoms with Crippen LogP contribution in [0.15, 0.2) is 16.7 Å². The lowest BCUT2D eigenvalue weighted by atomic mass is 9.90. The number of aryl methyl sites for hydroxylation is 1. The highest BCUT2D eigenvalue weighted by Crippen LogP contribution is 2.60. The lowest BCUT2D eigenvalue weighted by Crippen LogP contribution is -2.53. The van der Waals surface area contributed by atoms with E-state index in [0.29, 0.717) is 11.7 Å². The quantitative estimate of drug-likeness (QED) is 0.763. The second-order valence-electron chi connectivity index (χ2n) is 10.00. The molecule has 2 aliphatic heterocycles. The first-order valence-electron chi connectivity index (χ1n) is 11.9. The van der Waals surface area contributed by atoms with Gasteiger partial charge in [-0.25, -0.2) is 0 Å². The molecule has 30 heavy (non-hydrogen) atoms. The van der Waals surface area contributed by atoms with Crippen LogP contribution in [0.5, 0.6) is 0 Å². The van der Waals surface area contributed by atoms with E-state index in [1.165, 1.54) is 32.1 Å². The van der Waals surface area contributed by atoms with Crippen molar-refractivity contribution in [2.24, 2.45) is 11.3 Å². The number of nitrogens with zero attached hydrogens (tertiary/aromatic N) is 3. The summed E-state index contributed by atoms with van der Waals surface area (Å²) in [6, 6.07) is 2.59. The van der Waals surface area contributed by atoms with E-state index in [1.54, 1.807) is 6.26 Å². The molecule has 5 rings (SSSR count). The fourth-order valence-electron chi connectivity index (χ4n) is 6.11. The molecular weight excluding hydrogens is 378 g/mol. The van der Waals surface area contributed by atoms with Gasteiger partial charge < -0.3 is 14.2 Å². The highest BCUT2D eigenvalue weighted by molar-refractivity contribution is 5.93. The minimum Gasteiger partial charge on any atom is -0.459 e. The summed E-state index contributed by atoms with van der Waals surface area (Å²) in [6.45, 7) is 7.25. The van der Waals surface area contributed by atoms with E-state index < -0.39 is 0 Å². The van der Waals surface area contributed by atoms with Crippen LogP contribution in [-0.2, 0) is 4.79 Å². The number of amides is 2. The zero-order valence-electron chi connectivity index (χ0n) is 18.3. The molecule has 1 unspecified atom stereocenters. The van der Waals surface area contributed by atoms with Gasteiger partial charge in [0.05, 0.1) is 6.26 Å². The van der Waals surface area contributed by atoms with E-state index in [-0.39, 0.29) is 17.2 Å². The molecule has 2 aliphatic carbocycles.